The zero-order valence-electron chi connectivity index (χ0n) is 15.4. The van der Waals surface area contributed by atoms with Gasteiger partial charge in [-0.3, -0.25) is 0 Å². The van der Waals surface area contributed by atoms with Crippen molar-refractivity contribution in [3.05, 3.63) is 0 Å². The van der Waals surface area contributed by atoms with Crippen molar-refractivity contribution in [2.45, 2.75) is 41.5 Å². The Labute approximate surface area is 135 Å². The molecule has 0 saturated heterocycles. The van der Waals surface area contributed by atoms with Gasteiger partial charge in [0.2, 0.25) is 0 Å². The fourth-order valence-electron chi connectivity index (χ4n) is 3.26. The highest BCUT2D eigenvalue weighted by Crippen LogP contribution is 2.54. The molecule has 0 fully saturated rings. The van der Waals surface area contributed by atoms with Crippen molar-refractivity contribution in [2.75, 3.05) is 32.7 Å². The summed E-state index contributed by atoms with van der Waals surface area (Å²) in [6.07, 6.45) is 2.63. The molecule has 5 heteroatoms. The number of ether oxygens (including phenoxy) is 2. The molecule has 0 aromatic heterocycles. The zero-order valence-corrected chi connectivity index (χ0v) is 16.3. The van der Waals surface area contributed by atoms with Crippen molar-refractivity contribution in [3.63, 3.8) is 0 Å². The van der Waals surface area contributed by atoms with E-state index < -0.39 is 18.8 Å². The van der Waals surface area contributed by atoms with Crippen LogP contribution in [-0.4, -0.2) is 49.9 Å². The Morgan fingerprint density at radius 3 is 1.18 bits per heavy atom. The second-order valence-electron chi connectivity index (χ2n) is 7.21. The number of esters is 2. The molecule has 0 heterocycles. The second kappa shape index (κ2) is 9.39. The van der Waals surface area contributed by atoms with Gasteiger partial charge in [-0.2, -0.15) is 0 Å². The van der Waals surface area contributed by atoms with Crippen molar-refractivity contribution in [1.82, 2.24) is 0 Å². The first-order chi connectivity index (χ1) is 10.1. The molecular weight excluding hydrogens is 299 g/mol. The lowest BCUT2D eigenvalue weighted by atomic mass is 10.3. The highest BCUT2D eigenvalue weighted by Gasteiger charge is 2.35. The first-order valence-electron chi connectivity index (χ1n) is 7.99. The minimum atomic E-state index is -1.95. The third kappa shape index (κ3) is 6.16. The van der Waals surface area contributed by atoms with Crippen LogP contribution in [0.1, 0.15) is 41.5 Å². The van der Waals surface area contributed by atoms with Gasteiger partial charge in [0.1, 0.15) is 5.29 Å². The first kappa shape index (κ1) is 21.2. The Morgan fingerprint density at radius 2 is 1.00 bits per heavy atom. The summed E-state index contributed by atoms with van der Waals surface area (Å²) in [7, 11) is 2.67. The summed E-state index contributed by atoms with van der Waals surface area (Å²) < 4.78 is 9.87. The second-order valence-corrected chi connectivity index (χ2v) is 11.0. The van der Waals surface area contributed by atoms with Crippen LogP contribution in [0.15, 0.2) is 0 Å². The van der Waals surface area contributed by atoms with Crippen molar-refractivity contribution >= 4 is 24.1 Å². The van der Waals surface area contributed by atoms with Crippen LogP contribution in [-0.2, 0) is 19.1 Å². The first-order valence-corrected chi connectivity index (χ1v) is 10.3. The Hall–Kier alpha value is -0.760. The average molecular weight is 332 g/mol. The van der Waals surface area contributed by atoms with Gasteiger partial charge >= 0.3 is 11.9 Å². The summed E-state index contributed by atoms with van der Waals surface area (Å²) >= 11 is 0. The van der Waals surface area contributed by atoms with E-state index in [1.54, 1.807) is 0 Å². The van der Waals surface area contributed by atoms with E-state index in [4.69, 9.17) is 9.47 Å². The van der Waals surface area contributed by atoms with E-state index in [9.17, 15) is 9.59 Å². The lowest BCUT2D eigenvalue weighted by molar-refractivity contribution is -0.137. The van der Waals surface area contributed by atoms with Gasteiger partial charge in [-0.25, -0.2) is 9.59 Å². The summed E-state index contributed by atoms with van der Waals surface area (Å²) in [5.74, 6) is 0.213. The average Bonchev–Trinajstić information content (AvgIpc) is 2.35. The minimum absolute atomic E-state index is 0.286. The summed E-state index contributed by atoms with van der Waals surface area (Å²) in [6.45, 7) is 10.9. The molecule has 0 radical (unpaired) electrons. The quantitative estimate of drug-likeness (QED) is 0.388. The van der Waals surface area contributed by atoms with Crippen molar-refractivity contribution in [3.8, 4) is 0 Å². The predicted molar refractivity (Wildman–Crippen MR) is 95.1 cm³/mol. The molecule has 0 rings (SSSR count). The highest BCUT2D eigenvalue weighted by atomic mass is 31.2. The van der Waals surface area contributed by atoms with Gasteiger partial charge in [-0.05, 0) is 36.2 Å². The van der Waals surface area contributed by atoms with Crippen molar-refractivity contribution in [2.24, 2.45) is 17.8 Å². The Bertz CT molecular complexity index is 385. The molecular formula is C17H33O4P. The summed E-state index contributed by atoms with van der Waals surface area (Å²) in [4.78, 5) is 24.7. The van der Waals surface area contributed by atoms with Gasteiger partial charge in [0, 0.05) is 0 Å². The van der Waals surface area contributed by atoms with Crippen molar-refractivity contribution < 1.29 is 19.1 Å². The molecule has 0 aromatic carbocycles. The summed E-state index contributed by atoms with van der Waals surface area (Å²) in [5, 5.41) is 0.286. The van der Waals surface area contributed by atoms with E-state index in [2.05, 4.69) is 41.5 Å². The monoisotopic (exact) mass is 332 g/mol. The van der Waals surface area contributed by atoms with Gasteiger partial charge in [0.05, 0.1) is 14.2 Å². The fourth-order valence-corrected chi connectivity index (χ4v) is 9.40. The van der Waals surface area contributed by atoms with Crippen molar-refractivity contribution in [1.29, 1.82) is 0 Å². The van der Waals surface area contributed by atoms with Crippen LogP contribution < -0.4 is 0 Å². The maximum absolute atomic E-state index is 12.4. The highest BCUT2D eigenvalue weighted by molar-refractivity contribution is 7.79. The van der Waals surface area contributed by atoms with Crippen LogP contribution in [0.25, 0.3) is 0 Å². The molecule has 0 aromatic rings. The van der Waals surface area contributed by atoms with E-state index in [1.165, 1.54) is 14.2 Å². The number of methoxy groups -OCH3 is 2. The molecule has 0 aliphatic heterocycles. The van der Waals surface area contributed by atoms with E-state index >= 15 is 0 Å². The molecule has 0 unspecified atom stereocenters. The van der Waals surface area contributed by atoms with Crippen LogP contribution in [0.2, 0.25) is 0 Å². The Kier molecular flexibility index (Phi) is 9.07. The molecule has 130 valence electrons. The van der Waals surface area contributed by atoms with E-state index in [0.29, 0.717) is 17.8 Å². The molecule has 0 N–H and O–H groups in total. The number of carbonyl (C=O) groups excluding carboxylic acids is 2. The Balaban J connectivity index is 6.47. The molecule has 0 atom stereocenters. The number of hydrogen-bond donors (Lipinski definition) is 0. The lowest BCUT2D eigenvalue weighted by Crippen LogP contribution is -2.32. The van der Waals surface area contributed by atoms with Crippen LogP contribution in [0.3, 0.4) is 0 Å². The topological polar surface area (TPSA) is 52.6 Å². The SMILES string of the molecule is COC(=O)C(C(=O)OC)=P(CC(C)C)(CC(C)C)CC(C)C. The van der Waals surface area contributed by atoms with Crippen LogP contribution in [0.4, 0.5) is 0 Å². The molecule has 0 aliphatic carbocycles. The van der Waals surface area contributed by atoms with E-state index in [0.717, 1.165) is 18.5 Å². The molecule has 0 spiro atoms. The lowest BCUT2D eigenvalue weighted by Gasteiger charge is -2.33. The normalized spacial score (nSPS) is 12.0. The molecule has 0 saturated carbocycles. The van der Waals surface area contributed by atoms with Gasteiger partial charge in [0.25, 0.3) is 0 Å². The summed E-state index contributed by atoms with van der Waals surface area (Å²) in [5.41, 5.74) is 0. The molecule has 0 aliphatic rings. The predicted octanol–water partition coefficient (Wildman–Crippen LogP) is 3.49. The van der Waals surface area contributed by atoms with Crippen LogP contribution >= 0.6 is 6.89 Å². The maximum atomic E-state index is 12.4. The van der Waals surface area contributed by atoms with Gasteiger partial charge in [-0.15, -0.1) is 0 Å². The number of carbonyl (C=O) groups is 2. The number of hydrogen-bond acceptors (Lipinski definition) is 4. The van der Waals surface area contributed by atoms with Gasteiger partial charge in [0.15, 0.2) is 0 Å². The van der Waals surface area contributed by atoms with Gasteiger partial charge in [-0.1, -0.05) is 48.4 Å². The zero-order chi connectivity index (χ0) is 17.5. The molecule has 0 amide bonds. The standard InChI is InChI=1S/C17H33O4P/c1-12(2)9-22(10-13(3)4,11-14(5)6)15(16(18)20-7)17(19)21-8/h12-14H,9-11H2,1-8H3. The smallest absolute Gasteiger partial charge is 0.345 e. The van der Waals surface area contributed by atoms with Crippen LogP contribution in [0.5, 0.6) is 0 Å². The molecule has 0 bridgehead atoms. The fraction of sp³-hybridized carbons (Fsp3) is 0.824. The minimum Gasteiger partial charge on any atom is -0.465 e. The number of rotatable bonds is 8. The summed E-state index contributed by atoms with van der Waals surface area (Å²) in [6, 6.07) is 0. The van der Waals surface area contributed by atoms with E-state index in [1.807, 2.05) is 0 Å². The third-order valence-electron chi connectivity index (χ3n) is 3.38. The van der Waals surface area contributed by atoms with E-state index in [-0.39, 0.29) is 5.29 Å². The van der Waals surface area contributed by atoms with Gasteiger partial charge < -0.3 is 9.47 Å². The molecule has 22 heavy (non-hydrogen) atoms. The largest absolute Gasteiger partial charge is 0.465 e. The molecule has 4 nitrogen and oxygen atoms in total. The third-order valence-corrected chi connectivity index (χ3v) is 8.98. The Morgan fingerprint density at radius 1 is 0.727 bits per heavy atom. The maximum Gasteiger partial charge on any atom is 0.345 e. The van der Waals surface area contributed by atoms with Crippen LogP contribution in [0, 0.1) is 17.8 Å².